The van der Waals surface area contributed by atoms with Crippen LogP contribution in [-0.4, -0.2) is 33.7 Å². The maximum Gasteiger partial charge on any atom is 0.322 e. The van der Waals surface area contributed by atoms with Gasteiger partial charge < -0.3 is 5.32 Å². The van der Waals surface area contributed by atoms with Gasteiger partial charge in [0.2, 0.25) is 0 Å². The number of rotatable bonds is 12. The Balaban J connectivity index is 1.44. The summed E-state index contributed by atoms with van der Waals surface area (Å²) in [6.07, 6.45) is 12.2. The van der Waals surface area contributed by atoms with E-state index >= 15 is 0 Å². The Bertz CT molecular complexity index is 1400. The Morgan fingerprint density at radius 3 is 2.52 bits per heavy atom. The number of nitriles is 1. The van der Waals surface area contributed by atoms with Crippen LogP contribution in [0.25, 0.3) is 11.3 Å². The summed E-state index contributed by atoms with van der Waals surface area (Å²) >= 11 is 0. The molecule has 1 atom stereocenters. The van der Waals surface area contributed by atoms with Crippen LogP contribution >= 0.6 is 0 Å². The zero-order valence-electron chi connectivity index (χ0n) is 22.6. The largest absolute Gasteiger partial charge is 0.334 e. The highest BCUT2D eigenvalue weighted by molar-refractivity contribution is 5.92. The highest BCUT2D eigenvalue weighted by Crippen LogP contribution is 2.23. The second-order valence-electron chi connectivity index (χ2n) is 9.42. The van der Waals surface area contributed by atoms with E-state index < -0.39 is 0 Å². The SMILES string of the molecule is CCCC(C=Nc1ccc(C#N)cn1)CCCN(C(=O)NCc1ccccc1)c1ccc(-c2cnccn2)cc1. The van der Waals surface area contributed by atoms with Crippen LogP contribution in [0, 0.1) is 17.2 Å². The first-order valence-electron chi connectivity index (χ1n) is 13.5. The number of urea groups is 1. The average Bonchev–Trinajstić information content (AvgIpc) is 3.02. The Labute approximate surface area is 235 Å². The fourth-order valence-electron chi connectivity index (χ4n) is 4.36. The highest BCUT2D eigenvalue weighted by atomic mass is 16.2. The van der Waals surface area contributed by atoms with E-state index in [1.165, 1.54) is 6.20 Å². The molecule has 0 radical (unpaired) electrons. The predicted molar refractivity (Wildman–Crippen MR) is 158 cm³/mol. The minimum Gasteiger partial charge on any atom is -0.334 e. The average molecular weight is 532 g/mol. The van der Waals surface area contributed by atoms with E-state index in [2.05, 4.69) is 38.3 Å². The summed E-state index contributed by atoms with van der Waals surface area (Å²) in [5.74, 6) is 0.848. The van der Waals surface area contributed by atoms with Gasteiger partial charge in [-0.15, -0.1) is 0 Å². The summed E-state index contributed by atoms with van der Waals surface area (Å²) < 4.78 is 0. The van der Waals surface area contributed by atoms with Crippen molar-refractivity contribution in [3.63, 3.8) is 0 Å². The zero-order chi connectivity index (χ0) is 28.0. The molecule has 0 spiro atoms. The number of aromatic nitrogens is 3. The zero-order valence-corrected chi connectivity index (χ0v) is 22.6. The van der Waals surface area contributed by atoms with E-state index in [1.807, 2.05) is 60.8 Å². The van der Waals surface area contributed by atoms with Gasteiger partial charge in [0, 0.05) is 49.1 Å². The van der Waals surface area contributed by atoms with Crippen molar-refractivity contribution in [3.8, 4) is 17.3 Å². The van der Waals surface area contributed by atoms with Crippen molar-refractivity contribution in [2.75, 3.05) is 11.4 Å². The van der Waals surface area contributed by atoms with Crippen molar-refractivity contribution in [2.24, 2.45) is 10.9 Å². The number of hydrogen-bond donors (Lipinski definition) is 1. The van der Waals surface area contributed by atoms with Gasteiger partial charge in [0.25, 0.3) is 0 Å². The van der Waals surface area contributed by atoms with Gasteiger partial charge in [0.15, 0.2) is 5.82 Å². The molecular formula is C32H33N7O. The van der Waals surface area contributed by atoms with Crippen molar-refractivity contribution in [1.82, 2.24) is 20.3 Å². The summed E-state index contributed by atoms with van der Waals surface area (Å²) in [6, 6.07) is 23.1. The predicted octanol–water partition coefficient (Wildman–Crippen LogP) is 6.73. The molecule has 8 nitrogen and oxygen atoms in total. The standard InChI is InChI=1S/C32H33N7O/c1-2-7-25(21-36-31-16-11-27(20-33)23-37-31)10-6-19-39(32(40)38-22-26-8-4-3-5-9-26)29-14-12-28(13-15-29)30-24-34-17-18-35-30/h3-5,8-9,11-18,21,23-25H,2,6-7,10,19,22H2,1H3,(H,38,40). The van der Waals surface area contributed by atoms with Crippen molar-refractivity contribution < 1.29 is 4.79 Å². The lowest BCUT2D eigenvalue weighted by Crippen LogP contribution is -2.40. The number of nitrogens with zero attached hydrogens (tertiary/aromatic N) is 6. The third kappa shape index (κ3) is 8.30. The van der Waals surface area contributed by atoms with E-state index in [0.29, 0.717) is 24.5 Å². The van der Waals surface area contributed by atoms with Crippen LogP contribution in [0.15, 0.2) is 96.5 Å². The van der Waals surface area contributed by atoms with Crippen LogP contribution in [-0.2, 0) is 6.54 Å². The van der Waals surface area contributed by atoms with Crippen molar-refractivity contribution in [1.29, 1.82) is 5.26 Å². The fraction of sp³-hybridized carbons (Fsp3) is 0.250. The van der Waals surface area contributed by atoms with E-state index in [9.17, 15) is 4.79 Å². The molecule has 0 fully saturated rings. The number of pyridine rings is 1. The number of aliphatic imine (C=N–C) groups is 1. The Kier molecular flexibility index (Phi) is 10.5. The van der Waals surface area contributed by atoms with Crippen molar-refractivity contribution in [2.45, 2.75) is 39.2 Å². The molecule has 4 rings (SSSR count). The van der Waals surface area contributed by atoms with Gasteiger partial charge in [-0.2, -0.15) is 5.26 Å². The normalized spacial score (nSPS) is 11.6. The topological polar surface area (TPSA) is 107 Å². The highest BCUT2D eigenvalue weighted by Gasteiger charge is 2.17. The molecule has 202 valence electrons. The molecule has 2 heterocycles. The van der Waals surface area contributed by atoms with Crippen LogP contribution in [0.3, 0.4) is 0 Å². The third-order valence-corrected chi connectivity index (χ3v) is 6.48. The van der Waals surface area contributed by atoms with Gasteiger partial charge in [-0.3, -0.25) is 14.9 Å². The second-order valence-corrected chi connectivity index (χ2v) is 9.42. The fourth-order valence-corrected chi connectivity index (χ4v) is 4.36. The quantitative estimate of drug-likeness (QED) is 0.204. The minimum absolute atomic E-state index is 0.140. The van der Waals surface area contributed by atoms with Crippen LogP contribution in [0.4, 0.5) is 16.3 Å². The number of carbonyl (C=O) groups is 1. The number of benzene rings is 2. The van der Waals surface area contributed by atoms with Crippen molar-refractivity contribution in [3.05, 3.63) is 103 Å². The molecule has 2 aromatic carbocycles. The number of anilines is 1. The molecule has 0 saturated heterocycles. The molecule has 0 aliphatic rings. The second kappa shape index (κ2) is 14.9. The van der Waals surface area contributed by atoms with E-state index in [-0.39, 0.29) is 11.9 Å². The van der Waals surface area contributed by atoms with Gasteiger partial charge in [-0.25, -0.2) is 14.8 Å². The van der Waals surface area contributed by atoms with Gasteiger partial charge in [0.05, 0.1) is 17.5 Å². The van der Waals surface area contributed by atoms with Crippen LogP contribution in [0.1, 0.15) is 43.7 Å². The third-order valence-electron chi connectivity index (χ3n) is 6.48. The molecule has 40 heavy (non-hydrogen) atoms. The first-order valence-corrected chi connectivity index (χ1v) is 13.5. The molecule has 1 unspecified atom stereocenters. The summed E-state index contributed by atoms with van der Waals surface area (Å²) in [4.78, 5) is 32.5. The van der Waals surface area contributed by atoms with Crippen molar-refractivity contribution >= 4 is 23.8 Å². The monoisotopic (exact) mass is 531 g/mol. The van der Waals surface area contributed by atoms with E-state index in [0.717, 1.165) is 48.2 Å². The molecule has 0 aliphatic carbocycles. The lowest BCUT2D eigenvalue weighted by molar-refractivity contribution is 0.245. The molecule has 2 amide bonds. The van der Waals surface area contributed by atoms with Gasteiger partial charge >= 0.3 is 6.03 Å². The summed E-state index contributed by atoms with van der Waals surface area (Å²) in [5, 5.41) is 12.0. The Morgan fingerprint density at radius 2 is 1.85 bits per heavy atom. The molecule has 1 N–H and O–H groups in total. The molecule has 2 aromatic heterocycles. The Morgan fingerprint density at radius 1 is 1.02 bits per heavy atom. The molecule has 0 saturated carbocycles. The lowest BCUT2D eigenvalue weighted by atomic mass is 9.99. The Hall–Kier alpha value is -4.90. The number of amides is 2. The maximum atomic E-state index is 13.4. The number of hydrogen-bond acceptors (Lipinski definition) is 6. The summed E-state index contributed by atoms with van der Waals surface area (Å²) in [7, 11) is 0. The molecule has 0 bridgehead atoms. The van der Waals surface area contributed by atoms with Crippen LogP contribution in [0.2, 0.25) is 0 Å². The summed E-state index contributed by atoms with van der Waals surface area (Å²) in [5.41, 5.74) is 4.11. The van der Waals surface area contributed by atoms with Gasteiger partial charge in [-0.1, -0.05) is 55.8 Å². The minimum atomic E-state index is -0.140. The molecule has 4 aromatic rings. The van der Waals surface area contributed by atoms with E-state index in [4.69, 9.17) is 5.26 Å². The lowest BCUT2D eigenvalue weighted by Gasteiger charge is -2.24. The van der Waals surface area contributed by atoms with Gasteiger partial charge in [-0.05, 0) is 55.0 Å². The molecular weight excluding hydrogens is 498 g/mol. The first-order chi connectivity index (χ1) is 19.7. The summed E-state index contributed by atoms with van der Waals surface area (Å²) in [6.45, 7) is 3.17. The number of carbonyl (C=O) groups excluding carboxylic acids is 1. The van der Waals surface area contributed by atoms with Crippen LogP contribution < -0.4 is 10.2 Å². The van der Waals surface area contributed by atoms with Crippen LogP contribution in [0.5, 0.6) is 0 Å². The number of nitrogens with one attached hydrogen (secondary N) is 1. The van der Waals surface area contributed by atoms with E-state index in [1.54, 1.807) is 35.6 Å². The molecule has 0 aliphatic heterocycles. The molecule has 8 heteroatoms. The smallest absolute Gasteiger partial charge is 0.322 e. The maximum absolute atomic E-state index is 13.4. The first kappa shape index (κ1) is 28.1. The van der Waals surface area contributed by atoms with Gasteiger partial charge in [0.1, 0.15) is 6.07 Å².